The van der Waals surface area contributed by atoms with Crippen molar-refractivity contribution >= 4 is 5.78 Å². The second-order valence-corrected chi connectivity index (χ2v) is 4.16. The van der Waals surface area contributed by atoms with E-state index >= 15 is 0 Å². The zero-order chi connectivity index (χ0) is 10.5. The molecule has 1 aromatic carbocycles. The summed E-state index contributed by atoms with van der Waals surface area (Å²) < 4.78 is 5.34. The van der Waals surface area contributed by atoms with Gasteiger partial charge in [0.2, 0.25) is 0 Å². The van der Waals surface area contributed by atoms with Crippen molar-refractivity contribution in [3.63, 3.8) is 0 Å². The molecular formula is C13H16O2. The van der Waals surface area contributed by atoms with Gasteiger partial charge in [-0.1, -0.05) is 30.3 Å². The lowest BCUT2D eigenvalue weighted by Gasteiger charge is -2.02. The van der Waals surface area contributed by atoms with Crippen LogP contribution in [-0.2, 0) is 16.0 Å². The Labute approximate surface area is 90.3 Å². The molecule has 0 amide bonds. The number of benzene rings is 1. The molecule has 0 aliphatic heterocycles. The number of ketones is 1. The molecule has 1 aromatic rings. The zero-order valence-electron chi connectivity index (χ0n) is 8.82. The lowest BCUT2D eigenvalue weighted by molar-refractivity contribution is -0.123. The van der Waals surface area contributed by atoms with E-state index in [1.54, 1.807) is 0 Å². The summed E-state index contributed by atoms with van der Waals surface area (Å²) in [5, 5.41) is 0. The summed E-state index contributed by atoms with van der Waals surface area (Å²) in [5.41, 5.74) is 1.07. The van der Waals surface area contributed by atoms with Crippen LogP contribution in [0.2, 0.25) is 0 Å². The van der Waals surface area contributed by atoms with Crippen LogP contribution in [0.4, 0.5) is 0 Å². The molecular weight excluding hydrogens is 188 g/mol. The van der Waals surface area contributed by atoms with E-state index in [9.17, 15) is 4.79 Å². The van der Waals surface area contributed by atoms with Crippen molar-refractivity contribution in [3.8, 4) is 0 Å². The van der Waals surface area contributed by atoms with E-state index in [1.807, 2.05) is 30.3 Å². The quantitative estimate of drug-likeness (QED) is 0.710. The minimum Gasteiger partial charge on any atom is -0.373 e. The third kappa shape index (κ3) is 3.84. The van der Waals surface area contributed by atoms with E-state index in [1.165, 1.54) is 12.8 Å². The van der Waals surface area contributed by atoms with Gasteiger partial charge in [0, 0.05) is 13.0 Å². The van der Waals surface area contributed by atoms with Crippen LogP contribution in [0.1, 0.15) is 18.4 Å². The van der Waals surface area contributed by atoms with Crippen LogP contribution in [-0.4, -0.2) is 19.0 Å². The number of carbonyl (C=O) groups is 1. The lowest BCUT2D eigenvalue weighted by atomic mass is 10.1. The van der Waals surface area contributed by atoms with E-state index in [-0.39, 0.29) is 12.4 Å². The van der Waals surface area contributed by atoms with Crippen molar-refractivity contribution in [3.05, 3.63) is 35.9 Å². The van der Waals surface area contributed by atoms with Crippen molar-refractivity contribution in [2.75, 3.05) is 13.2 Å². The fourth-order valence-electron chi connectivity index (χ4n) is 1.50. The summed E-state index contributed by atoms with van der Waals surface area (Å²) in [7, 11) is 0. The number of hydrogen-bond donors (Lipinski definition) is 0. The SMILES string of the molecule is O=C(COCC1CC1)Cc1ccccc1. The van der Waals surface area contributed by atoms with Gasteiger partial charge in [-0.25, -0.2) is 0 Å². The first kappa shape index (κ1) is 10.4. The average Bonchev–Trinajstić information content (AvgIpc) is 3.03. The molecule has 0 radical (unpaired) electrons. The molecule has 0 atom stereocenters. The Bertz CT molecular complexity index is 315. The first-order valence-electron chi connectivity index (χ1n) is 5.48. The smallest absolute Gasteiger partial charge is 0.162 e. The van der Waals surface area contributed by atoms with Crippen LogP contribution < -0.4 is 0 Å². The highest BCUT2D eigenvalue weighted by molar-refractivity contribution is 5.82. The maximum absolute atomic E-state index is 11.5. The third-order valence-corrected chi connectivity index (χ3v) is 2.56. The van der Waals surface area contributed by atoms with E-state index in [4.69, 9.17) is 4.74 Å². The lowest BCUT2D eigenvalue weighted by Crippen LogP contribution is -2.12. The van der Waals surface area contributed by atoms with Crippen LogP contribution in [0, 0.1) is 5.92 Å². The molecule has 1 aliphatic rings. The van der Waals surface area contributed by atoms with Gasteiger partial charge in [-0.3, -0.25) is 4.79 Å². The number of rotatable bonds is 6. The molecule has 0 N–H and O–H groups in total. The number of Topliss-reactive ketones (excluding diaryl/α,β-unsaturated/α-hetero) is 1. The van der Waals surface area contributed by atoms with Crippen LogP contribution >= 0.6 is 0 Å². The molecule has 1 saturated carbocycles. The van der Waals surface area contributed by atoms with Crippen LogP contribution in [0.25, 0.3) is 0 Å². The van der Waals surface area contributed by atoms with E-state index in [2.05, 4.69) is 0 Å². The first-order valence-corrected chi connectivity index (χ1v) is 5.48. The van der Waals surface area contributed by atoms with Gasteiger partial charge in [-0.2, -0.15) is 0 Å². The molecule has 0 saturated heterocycles. The molecule has 0 unspecified atom stereocenters. The van der Waals surface area contributed by atoms with Crippen molar-refractivity contribution in [2.24, 2.45) is 5.92 Å². The Balaban J connectivity index is 1.67. The molecule has 0 heterocycles. The minimum absolute atomic E-state index is 0.168. The van der Waals surface area contributed by atoms with Crippen LogP contribution in [0.5, 0.6) is 0 Å². The zero-order valence-corrected chi connectivity index (χ0v) is 8.82. The molecule has 80 valence electrons. The Hall–Kier alpha value is -1.15. The van der Waals surface area contributed by atoms with Crippen LogP contribution in [0.15, 0.2) is 30.3 Å². The molecule has 1 fully saturated rings. The largest absolute Gasteiger partial charge is 0.373 e. The van der Waals surface area contributed by atoms with Gasteiger partial charge in [0.1, 0.15) is 6.61 Å². The Morgan fingerprint density at radius 1 is 1.27 bits per heavy atom. The molecule has 15 heavy (non-hydrogen) atoms. The number of ether oxygens (including phenoxy) is 1. The van der Waals surface area contributed by atoms with Gasteiger partial charge in [-0.05, 0) is 24.3 Å². The number of hydrogen-bond acceptors (Lipinski definition) is 2. The Morgan fingerprint density at radius 2 is 2.00 bits per heavy atom. The maximum atomic E-state index is 11.5. The minimum atomic E-state index is 0.168. The molecule has 0 aromatic heterocycles. The molecule has 1 aliphatic carbocycles. The molecule has 2 nitrogen and oxygen atoms in total. The molecule has 0 bridgehead atoms. The van der Waals surface area contributed by atoms with Gasteiger partial charge in [0.25, 0.3) is 0 Å². The monoisotopic (exact) mass is 204 g/mol. The molecule has 0 spiro atoms. The topological polar surface area (TPSA) is 26.3 Å². The highest BCUT2D eigenvalue weighted by Crippen LogP contribution is 2.28. The average molecular weight is 204 g/mol. The molecule has 2 rings (SSSR count). The summed E-state index contributed by atoms with van der Waals surface area (Å²) in [6.45, 7) is 1.03. The molecule has 2 heteroatoms. The first-order chi connectivity index (χ1) is 7.34. The highest BCUT2D eigenvalue weighted by atomic mass is 16.5. The van der Waals surface area contributed by atoms with Gasteiger partial charge in [-0.15, -0.1) is 0 Å². The summed E-state index contributed by atoms with van der Waals surface area (Å²) in [5.74, 6) is 0.899. The fraction of sp³-hybridized carbons (Fsp3) is 0.462. The Morgan fingerprint density at radius 3 is 2.67 bits per heavy atom. The van der Waals surface area contributed by atoms with Gasteiger partial charge >= 0.3 is 0 Å². The van der Waals surface area contributed by atoms with E-state index in [0.717, 1.165) is 18.1 Å². The van der Waals surface area contributed by atoms with Gasteiger partial charge < -0.3 is 4.74 Å². The van der Waals surface area contributed by atoms with E-state index in [0.29, 0.717) is 6.42 Å². The fourth-order valence-corrected chi connectivity index (χ4v) is 1.50. The van der Waals surface area contributed by atoms with Gasteiger partial charge in [0.15, 0.2) is 5.78 Å². The van der Waals surface area contributed by atoms with E-state index < -0.39 is 0 Å². The van der Waals surface area contributed by atoms with Crippen molar-refractivity contribution in [2.45, 2.75) is 19.3 Å². The second kappa shape index (κ2) is 5.08. The van der Waals surface area contributed by atoms with Crippen molar-refractivity contribution in [1.82, 2.24) is 0 Å². The maximum Gasteiger partial charge on any atom is 0.162 e. The van der Waals surface area contributed by atoms with Crippen molar-refractivity contribution < 1.29 is 9.53 Å². The summed E-state index contributed by atoms with van der Waals surface area (Å²) in [6, 6.07) is 9.80. The summed E-state index contributed by atoms with van der Waals surface area (Å²) in [6.07, 6.45) is 3.03. The van der Waals surface area contributed by atoms with Crippen LogP contribution in [0.3, 0.4) is 0 Å². The summed E-state index contributed by atoms with van der Waals surface area (Å²) in [4.78, 5) is 11.5. The second-order valence-electron chi connectivity index (χ2n) is 4.16. The standard InChI is InChI=1S/C13H16O2/c14-13(10-15-9-12-6-7-12)8-11-4-2-1-3-5-11/h1-5,12H,6-10H2. The van der Waals surface area contributed by atoms with Crippen molar-refractivity contribution in [1.29, 1.82) is 0 Å². The highest BCUT2D eigenvalue weighted by Gasteiger charge is 2.21. The Kier molecular flexibility index (Phi) is 3.51. The third-order valence-electron chi connectivity index (χ3n) is 2.56. The predicted molar refractivity (Wildman–Crippen MR) is 58.7 cm³/mol. The van der Waals surface area contributed by atoms with Gasteiger partial charge in [0.05, 0.1) is 0 Å². The summed E-state index contributed by atoms with van der Waals surface area (Å²) >= 11 is 0. The normalized spacial score (nSPS) is 15.2. The number of carbonyl (C=O) groups excluding carboxylic acids is 1. The predicted octanol–water partition coefficient (Wildman–Crippen LogP) is 2.22.